The Morgan fingerprint density at radius 1 is 0.674 bits per heavy atom. The van der Waals surface area contributed by atoms with Gasteiger partial charge in [0.05, 0.1) is 38.0 Å². The van der Waals surface area contributed by atoms with Gasteiger partial charge in [-0.3, -0.25) is 9.59 Å². The smallest absolute Gasteiger partial charge is 0.262 e. The second-order valence-electron chi connectivity index (χ2n) is 10.2. The fourth-order valence-corrected chi connectivity index (χ4v) is 6.32. The van der Waals surface area contributed by atoms with E-state index < -0.39 is 0 Å². The van der Waals surface area contributed by atoms with Gasteiger partial charge in [-0.15, -0.1) is 0 Å². The second kappa shape index (κ2) is 12.1. The number of aryl methyl sites for hydroxylation is 2. The van der Waals surface area contributed by atoms with Gasteiger partial charge in [0.15, 0.2) is 23.0 Å². The molecular weight excluding hydrogens is 672 g/mol. The summed E-state index contributed by atoms with van der Waals surface area (Å²) in [6.07, 6.45) is 0. The van der Waals surface area contributed by atoms with Crippen LogP contribution >= 0.6 is 31.9 Å². The molecule has 2 aliphatic heterocycles. The molecule has 5 aromatic carbocycles. The average Bonchev–Trinajstić information content (AvgIpc) is 3.21. The molecule has 0 fully saturated rings. The molecular formula is C35H26Br2N2O4. The maximum Gasteiger partial charge on any atom is 0.262 e. The van der Waals surface area contributed by atoms with Crippen LogP contribution in [-0.4, -0.2) is 11.8 Å². The van der Waals surface area contributed by atoms with Crippen molar-refractivity contribution in [2.24, 2.45) is 0 Å². The van der Waals surface area contributed by atoms with Crippen LogP contribution < -0.4 is 19.7 Å². The Labute approximate surface area is 266 Å². The quantitative estimate of drug-likeness (QED) is 0.199. The predicted octanol–water partition coefficient (Wildman–Crippen LogP) is 9.83. The molecule has 0 saturated carbocycles. The molecule has 6 nitrogen and oxygen atoms in total. The van der Waals surface area contributed by atoms with E-state index in [2.05, 4.69) is 37.2 Å². The number of hydrogen-bond acceptors (Lipinski definition) is 4. The van der Waals surface area contributed by atoms with Crippen LogP contribution in [0.3, 0.4) is 0 Å². The first-order valence-corrected chi connectivity index (χ1v) is 15.2. The van der Waals surface area contributed by atoms with Crippen LogP contribution in [0.15, 0.2) is 112 Å². The molecule has 0 spiro atoms. The number of halogens is 2. The normalized spacial score (nSPS) is 12.9. The summed E-state index contributed by atoms with van der Waals surface area (Å²) in [5.41, 5.74) is 5.65. The number of para-hydroxylation sites is 4. The molecule has 7 rings (SSSR count). The highest BCUT2D eigenvalue weighted by molar-refractivity contribution is 9.11. The fraction of sp³-hybridized carbons (Fsp3) is 0.0857. The van der Waals surface area contributed by atoms with Gasteiger partial charge in [-0.2, -0.15) is 0 Å². The summed E-state index contributed by atoms with van der Waals surface area (Å²) in [4.78, 5) is 27.3. The molecule has 0 radical (unpaired) electrons. The number of carbonyl (C=O) groups excluding carboxylic acids is 2. The fourth-order valence-electron chi connectivity index (χ4n) is 5.01. The van der Waals surface area contributed by atoms with E-state index in [0.717, 1.165) is 31.3 Å². The van der Waals surface area contributed by atoms with Crippen LogP contribution in [0.25, 0.3) is 0 Å². The SMILES string of the molecule is Cc1cc(Br)c2c(c1)C(=O)N(Cc1ccccc1)c1ccccc1O2.Cc1cc(Br)c2c(c1)C(=O)Nc1ccccc1O2. The number of fused-ring (bicyclic) bond motifs is 4. The van der Waals surface area contributed by atoms with Crippen molar-refractivity contribution in [1.82, 2.24) is 0 Å². The molecule has 0 saturated heterocycles. The van der Waals surface area contributed by atoms with E-state index in [1.54, 1.807) is 4.90 Å². The van der Waals surface area contributed by atoms with Gasteiger partial charge in [0, 0.05) is 0 Å². The van der Waals surface area contributed by atoms with E-state index in [0.29, 0.717) is 46.4 Å². The largest absolute Gasteiger partial charge is 0.453 e. The first-order chi connectivity index (χ1) is 20.8. The van der Waals surface area contributed by atoms with Crippen LogP contribution in [0.1, 0.15) is 37.4 Å². The minimum atomic E-state index is -0.153. The number of rotatable bonds is 2. The topological polar surface area (TPSA) is 67.9 Å². The molecule has 0 aliphatic carbocycles. The Morgan fingerprint density at radius 3 is 1.95 bits per heavy atom. The van der Waals surface area contributed by atoms with Gasteiger partial charge in [0.25, 0.3) is 11.8 Å². The lowest BCUT2D eigenvalue weighted by Crippen LogP contribution is -2.29. The number of ether oxygens (including phenoxy) is 2. The molecule has 43 heavy (non-hydrogen) atoms. The third-order valence-electron chi connectivity index (χ3n) is 6.99. The highest BCUT2D eigenvalue weighted by Crippen LogP contribution is 2.43. The Kier molecular flexibility index (Phi) is 8.06. The minimum Gasteiger partial charge on any atom is -0.453 e. The van der Waals surface area contributed by atoms with Crippen molar-refractivity contribution in [3.05, 3.63) is 140 Å². The van der Waals surface area contributed by atoms with Gasteiger partial charge < -0.3 is 19.7 Å². The molecule has 0 bridgehead atoms. The molecule has 0 aromatic heterocycles. The molecule has 214 valence electrons. The summed E-state index contributed by atoms with van der Waals surface area (Å²) in [6, 6.07) is 32.6. The van der Waals surface area contributed by atoms with Crippen LogP contribution in [-0.2, 0) is 6.54 Å². The molecule has 1 N–H and O–H groups in total. The van der Waals surface area contributed by atoms with Crippen LogP contribution in [0, 0.1) is 13.8 Å². The van der Waals surface area contributed by atoms with Gasteiger partial charge >= 0.3 is 0 Å². The zero-order valence-corrected chi connectivity index (χ0v) is 26.5. The highest BCUT2D eigenvalue weighted by atomic mass is 79.9. The number of nitrogens with zero attached hydrogens (tertiary/aromatic N) is 1. The average molecular weight is 698 g/mol. The van der Waals surface area contributed by atoms with E-state index in [4.69, 9.17) is 9.47 Å². The molecule has 5 aromatic rings. The minimum absolute atomic E-state index is 0.0618. The summed E-state index contributed by atoms with van der Waals surface area (Å²) in [5.74, 6) is 2.23. The standard InChI is InChI=1S/C21H16BrNO2.C14H10BrNO2/c1-14-11-16-20(17(22)12-14)25-19-10-6-5-9-18(19)23(21(16)24)13-15-7-3-2-4-8-15;1-8-6-9-13(10(15)7-8)18-12-5-3-2-4-11(12)16-14(9)17/h2-12H,13H2,1H3;2-7H,1H3,(H,16,17). The van der Waals surface area contributed by atoms with Crippen molar-refractivity contribution in [2.45, 2.75) is 20.4 Å². The monoisotopic (exact) mass is 696 g/mol. The molecule has 2 amide bonds. The molecule has 2 aliphatic rings. The highest BCUT2D eigenvalue weighted by Gasteiger charge is 2.30. The summed E-state index contributed by atoms with van der Waals surface area (Å²) < 4.78 is 13.5. The Morgan fingerprint density at radius 2 is 1.23 bits per heavy atom. The maximum atomic E-state index is 13.3. The first-order valence-electron chi connectivity index (χ1n) is 13.6. The van der Waals surface area contributed by atoms with Crippen molar-refractivity contribution in [2.75, 3.05) is 10.2 Å². The first kappa shape index (κ1) is 28.7. The van der Waals surface area contributed by atoms with Crippen molar-refractivity contribution in [3.63, 3.8) is 0 Å². The lowest BCUT2D eigenvalue weighted by Gasteiger charge is -2.22. The van der Waals surface area contributed by atoms with Gasteiger partial charge in [-0.1, -0.05) is 54.6 Å². The van der Waals surface area contributed by atoms with Crippen molar-refractivity contribution in [3.8, 4) is 23.0 Å². The van der Waals surface area contributed by atoms with Crippen molar-refractivity contribution >= 4 is 55.0 Å². The zero-order valence-electron chi connectivity index (χ0n) is 23.4. The van der Waals surface area contributed by atoms with E-state index in [-0.39, 0.29) is 11.8 Å². The number of benzene rings is 5. The van der Waals surface area contributed by atoms with Crippen LogP contribution in [0.4, 0.5) is 11.4 Å². The summed E-state index contributed by atoms with van der Waals surface area (Å²) in [7, 11) is 0. The Balaban J connectivity index is 0.000000162. The van der Waals surface area contributed by atoms with Crippen LogP contribution in [0.2, 0.25) is 0 Å². The maximum absolute atomic E-state index is 13.3. The summed E-state index contributed by atoms with van der Waals surface area (Å²) >= 11 is 6.98. The lowest BCUT2D eigenvalue weighted by molar-refractivity contribution is 0.0983. The van der Waals surface area contributed by atoms with Crippen molar-refractivity contribution in [1.29, 1.82) is 0 Å². The third-order valence-corrected chi connectivity index (χ3v) is 8.17. The van der Waals surface area contributed by atoms with Gasteiger partial charge in [0.2, 0.25) is 0 Å². The Hall–Kier alpha value is -4.40. The van der Waals surface area contributed by atoms with Gasteiger partial charge in [0.1, 0.15) is 0 Å². The Bertz CT molecular complexity index is 1870. The second-order valence-corrected chi connectivity index (χ2v) is 12.0. The molecule has 0 atom stereocenters. The molecule has 2 heterocycles. The summed E-state index contributed by atoms with van der Waals surface area (Å²) in [5, 5.41) is 2.85. The van der Waals surface area contributed by atoms with Crippen molar-refractivity contribution < 1.29 is 19.1 Å². The summed E-state index contributed by atoms with van der Waals surface area (Å²) in [6.45, 7) is 4.40. The lowest BCUT2D eigenvalue weighted by atomic mass is 10.1. The number of carbonyl (C=O) groups is 2. The molecule has 8 heteroatoms. The number of anilines is 2. The molecule has 0 unspecified atom stereocenters. The van der Waals surface area contributed by atoms with Crippen LogP contribution in [0.5, 0.6) is 23.0 Å². The zero-order chi connectivity index (χ0) is 30.1. The number of amides is 2. The predicted molar refractivity (Wildman–Crippen MR) is 176 cm³/mol. The number of nitrogens with one attached hydrogen (secondary N) is 1. The van der Waals surface area contributed by atoms with E-state index in [1.807, 2.05) is 117 Å². The van der Waals surface area contributed by atoms with E-state index >= 15 is 0 Å². The van der Waals surface area contributed by atoms with E-state index in [9.17, 15) is 9.59 Å². The van der Waals surface area contributed by atoms with Gasteiger partial charge in [-0.05, 0) is 111 Å². The third kappa shape index (κ3) is 5.94. The number of hydrogen-bond donors (Lipinski definition) is 1. The van der Waals surface area contributed by atoms with Gasteiger partial charge in [-0.25, -0.2) is 0 Å². The van der Waals surface area contributed by atoms with E-state index in [1.165, 1.54) is 0 Å².